The van der Waals surface area contributed by atoms with Crippen molar-refractivity contribution in [2.45, 2.75) is 0 Å². The highest BCUT2D eigenvalue weighted by atomic mass is 79.9. The molecule has 0 aliphatic heterocycles. The normalized spacial score (nSPS) is 10.2. The molecule has 0 spiro atoms. The van der Waals surface area contributed by atoms with Gasteiger partial charge in [0.05, 0.1) is 19.8 Å². The van der Waals surface area contributed by atoms with Gasteiger partial charge in [0.15, 0.2) is 5.78 Å². The minimum atomic E-state index is -0.200. The van der Waals surface area contributed by atoms with Gasteiger partial charge in [-0.05, 0) is 34.1 Å². The first kappa shape index (κ1) is 14.4. The number of hydrogen-bond donors (Lipinski definition) is 1. The van der Waals surface area contributed by atoms with E-state index in [1.54, 1.807) is 43.5 Å². The van der Waals surface area contributed by atoms with E-state index in [1.807, 2.05) is 0 Å². The summed E-state index contributed by atoms with van der Waals surface area (Å²) >= 11 is 3.38. The second-order valence-electron chi connectivity index (χ2n) is 4.10. The third-order valence-electron chi connectivity index (χ3n) is 2.92. The molecule has 0 bridgehead atoms. The zero-order valence-electron chi connectivity index (χ0n) is 11.1. The van der Waals surface area contributed by atoms with Crippen LogP contribution >= 0.6 is 15.9 Å². The van der Waals surface area contributed by atoms with Gasteiger partial charge in [0.1, 0.15) is 11.5 Å². The van der Waals surface area contributed by atoms with Crippen LogP contribution in [-0.2, 0) is 0 Å². The number of carbonyl (C=O) groups is 1. The van der Waals surface area contributed by atoms with Crippen LogP contribution in [0, 0.1) is 0 Å². The Morgan fingerprint density at radius 2 is 1.85 bits per heavy atom. The van der Waals surface area contributed by atoms with Crippen molar-refractivity contribution >= 4 is 27.4 Å². The average molecular weight is 336 g/mol. The lowest BCUT2D eigenvalue weighted by molar-refractivity contribution is 0.103. The molecular formula is C15H14BrNO3. The summed E-state index contributed by atoms with van der Waals surface area (Å²) in [6.45, 7) is 0. The fourth-order valence-electron chi connectivity index (χ4n) is 1.90. The van der Waals surface area contributed by atoms with Crippen molar-refractivity contribution in [2.75, 3.05) is 20.0 Å². The molecule has 0 aliphatic rings. The van der Waals surface area contributed by atoms with Crippen molar-refractivity contribution < 1.29 is 14.3 Å². The Bertz CT molecular complexity index is 656. The maximum absolute atomic E-state index is 12.6. The number of benzene rings is 2. The van der Waals surface area contributed by atoms with Crippen molar-refractivity contribution in [1.29, 1.82) is 0 Å². The van der Waals surface area contributed by atoms with Gasteiger partial charge in [-0.15, -0.1) is 0 Å². The van der Waals surface area contributed by atoms with Gasteiger partial charge < -0.3 is 15.2 Å². The minimum Gasteiger partial charge on any atom is -0.497 e. The molecule has 4 nitrogen and oxygen atoms in total. The van der Waals surface area contributed by atoms with Crippen LogP contribution in [-0.4, -0.2) is 20.0 Å². The predicted molar refractivity (Wildman–Crippen MR) is 81.5 cm³/mol. The number of nitrogens with two attached hydrogens (primary N) is 1. The molecule has 2 N–H and O–H groups in total. The third-order valence-corrected chi connectivity index (χ3v) is 3.54. The van der Waals surface area contributed by atoms with Gasteiger partial charge >= 0.3 is 0 Å². The van der Waals surface area contributed by atoms with Gasteiger partial charge in [-0.2, -0.15) is 0 Å². The summed E-state index contributed by atoms with van der Waals surface area (Å²) in [5.41, 5.74) is 7.15. The molecule has 0 aromatic heterocycles. The summed E-state index contributed by atoms with van der Waals surface area (Å²) in [6.07, 6.45) is 0. The molecule has 0 amide bonds. The maximum Gasteiger partial charge on any atom is 0.199 e. The minimum absolute atomic E-state index is 0.200. The lowest BCUT2D eigenvalue weighted by atomic mass is 10.0. The molecule has 0 saturated carbocycles. The van der Waals surface area contributed by atoms with E-state index in [-0.39, 0.29) is 5.78 Å². The molecule has 5 heteroatoms. The van der Waals surface area contributed by atoms with E-state index < -0.39 is 0 Å². The van der Waals surface area contributed by atoms with E-state index in [4.69, 9.17) is 15.2 Å². The number of para-hydroxylation sites is 1. The highest BCUT2D eigenvalue weighted by Gasteiger charge is 2.21. The lowest BCUT2D eigenvalue weighted by Crippen LogP contribution is -2.08. The first-order valence-corrected chi connectivity index (χ1v) is 6.68. The van der Waals surface area contributed by atoms with Gasteiger partial charge in [0.25, 0.3) is 0 Å². The van der Waals surface area contributed by atoms with Gasteiger partial charge in [-0.3, -0.25) is 4.79 Å². The summed E-state index contributed by atoms with van der Waals surface area (Å²) in [5.74, 6) is 0.838. The molecule has 0 radical (unpaired) electrons. The number of nitrogen functional groups attached to an aromatic ring is 1. The van der Waals surface area contributed by atoms with Crippen LogP contribution in [0.5, 0.6) is 11.5 Å². The molecule has 0 atom stereocenters. The second kappa shape index (κ2) is 5.96. The molecule has 0 fully saturated rings. The zero-order valence-corrected chi connectivity index (χ0v) is 12.7. The highest BCUT2D eigenvalue weighted by Crippen LogP contribution is 2.34. The van der Waals surface area contributed by atoms with Gasteiger partial charge in [0, 0.05) is 21.8 Å². The second-order valence-corrected chi connectivity index (χ2v) is 4.96. The molecule has 0 aliphatic carbocycles. The van der Waals surface area contributed by atoms with Crippen LogP contribution in [0.25, 0.3) is 0 Å². The van der Waals surface area contributed by atoms with E-state index in [0.717, 1.165) is 0 Å². The van der Waals surface area contributed by atoms with Crippen LogP contribution in [0.1, 0.15) is 15.9 Å². The van der Waals surface area contributed by atoms with Crippen LogP contribution in [0.3, 0.4) is 0 Å². The third kappa shape index (κ3) is 2.63. The number of halogens is 1. The summed E-state index contributed by atoms with van der Waals surface area (Å²) in [6, 6.07) is 10.3. The smallest absolute Gasteiger partial charge is 0.199 e. The molecule has 2 aromatic carbocycles. The largest absolute Gasteiger partial charge is 0.497 e. The SMILES string of the molecule is COc1cc(Br)c(C(=O)c2ccccc2N)c(OC)c1. The molecule has 2 aromatic rings. The topological polar surface area (TPSA) is 61.5 Å². The van der Waals surface area contributed by atoms with Crippen LogP contribution in [0.2, 0.25) is 0 Å². The molecule has 0 heterocycles. The number of ether oxygens (including phenoxy) is 2. The van der Waals surface area contributed by atoms with E-state index in [2.05, 4.69) is 15.9 Å². The molecule has 0 unspecified atom stereocenters. The van der Waals surface area contributed by atoms with Gasteiger partial charge in [-0.1, -0.05) is 12.1 Å². The average Bonchev–Trinajstić information content (AvgIpc) is 2.46. The quantitative estimate of drug-likeness (QED) is 0.688. The lowest BCUT2D eigenvalue weighted by Gasteiger charge is -2.13. The fourth-order valence-corrected chi connectivity index (χ4v) is 2.50. The number of anilines is 1. The Morgan fingerprint density at radius 1 is 1.15 bits per heavy atom. The summed E-state index contributed by atoms with van der Waals surface area (Å²) in [5, 5.41) is 0. The highest BCUT2D eigenvalue weighted by molar-refractivity contribution is 9.10. The van der Waals surface area contributed by atoms with Gasteiger partial charge in [0.2, 0.25) is 0 Å². The van der Waals surface area contributed by atoms with Crippen LogP contribution in [0.15, 0.2) is 40.9 Å². The predicted octanol–water partition coefficient (Wildman–Crippen LogP) is 3.28. The molecule has 0 saturated heterocycles. The summed E-state index contributed by atoms with van der Waals surface area (Å²) in [4.78, 5) is 12.6. The Kier molecular flexibility index (Phi) is 4.29. The number of carbonyl (C=O) groups excluding carboxylic acids is 1. The van der Waals surface area contributed by atoms with Crippen molar-refractivity contribution in [2.24, 2.45) is 0 Å². The summed E-state index contributed by atoms with van der Waals surface area (Å²) < 4.78 is 11.0. The monoisotopic (exact) mass is 335 g/mol. The Hall–Kier alpha value is -2.01. The van der Waals surface area contributed by atoms with E-state index in [1.165, 1.54) is 7.11 Å². The van der Waals surface area contributed by atoms with Gasteiger partial charge in [-0.25, -0.2) is 0 Å². The maximum atomic E-state index is 12.6. The molecule has 104 valence electrons. The van der Waals surface area contributed by atoms with Crippen molar-refractivity contribution in [3.05, 3.63) is 52.0 Å². The standard InChI is InChI=1S/C15H14BrNO3/c1-19-9-7-11(16)14(13(8-9)20-2)15(18)10-5-3-4-6-12(10)17/h3-8H,17H2,1-2H3. The fraction of sp³-hybridized carbons (Fsp3) is 0.133. The Balaban J connectivity index is 2.58. The Morgan fingerprint density at radius 3 is 2.45 bits per heavy atom. The van der Waals surface area contributed by atoms with Crippen molar-refractivity contribution in [1.82, 2.24) is 0 Å². The number of methoxy groups -OCH3 is 2. The number of ketones is 1. The number of rotatable bonds is 4. The van der Waals surface area contributed by atoms with Crippen molar-refractivity contribution in [3.63, 3.8) is 0 Å². The summed E-state index contributed by atoms with van der Waals surface area (Å²) in [7, 11) is 3.06. The van der Waals surface area contributed by atoms with Crippen LogP contribution in [0.4, 0.5) is 5.69 Å². The van der Waals surface area contributed by atoms with Crippen molar-refractivity contribution in [3.8, 4) is 11.5 Å². The molecule has 2 rings (SSSR count). The first-order chi connectivity index (χ1) is 9.58. The van der Waals surface area contributed by atoms with E-state index in [0.29, 0.717) is 32.8 Å². The zero-order chi connectivity index (χ0) is 14.7. The van der Waals surface area contributed by atoms with E-state index in [9.17, 15) is 4.79 Å². The van der Waals surface area contributed by atoms with Crippen LogP contribution < -0.4 is 15.2 Å². The first-order valence-electron chi connectivity index (χ1n) is 5.89. The molecular weight excluding hydrogens is 322 g/mol. The Labute approximate surface area is 125 Å². The van der Waals surface area contributed by atoms with E-state index >= 15 is 0 Å². The number of hydrogen-bond acceptors (Lipinski definition) is 4. The molecule has 20 heavy (non-hydrogen) atoms.